The van der Waals surface area contributed by atoms with E-state index < -0.39 is 5.82 Å². The Morgan fingerprint density at radius 1 is 1.06 bits per heavy atom. The van der Waals surface area contributed by atoms with Gasteiger partial charge in [0.15, 0.2) is 11.5 Å². The Hall–Kier alpha value is -3.85. The summed E-state index contributed by atoms with van der Waals surface area (Å²) in [6.45, 7) is 1.99. The first-order valence-corrected chi connectivity index (χ1v) is 10.6. The number of aromatic amines is 2. The second-order valence-electron chi connectivity index (χ2n) is 8.09. The average molecular weight is 429 g/mol. The van der Waals surface area contributed by atoms with Crippen LogP contribution >= 0.6 is 0 Å². The van der Waals surface area contributed by atoms with E-state index in [-0.39, 0.29) is 5.75 Å². The van der Waals surface area contributed by atoms with Gasteiger partial charge in [0.25, 0.3) is 0 Å². The number of fused-ring (bicyclic) bond motifs is 2. The van der Waals surface area contributed by atoms with Crippen LogP contribution in [0.3, 0.4) is 0 Å². The van der Waals surface area contributed by atoms with Crippen LogP contribution in [0.15, 0.2) is 42.7 Å². The number of hydrogen-bond donors (Lipinski definition) is 4. The SMILES string of the molecule is Oc1cc(F)cc(-c2ccnc3nc(-c4n[nH]c5cnc(C6CCNCC6)cc45)[nH]c23)c1. The van der Waals surface area contributed by atoms with E-state index in [9.17, 15) is 9.50 Å². The van der Waals surface area contributed by atoms with Gasteiger partial charge < -0.3 is 15.4 Å². The van der Waals surface area contributed by atoms with Crippen molar-refractivity contribution in [2.24, 2.45) is 0 Å². The molecule has 1 aromatic carbocycles. The third kappa shape index (κ3) is 3.18. The number of nitrogens with zero attached hydrogens (tertiary/aromatic N) is 4. The molecule has 4 aromatic heterocycles. The molecule has 0 amide bonds. The Balaban J connectivity index is 1.47. The maximum Gasteiger partial charge on any atom is 0.178 e. The predicted molar refractivity (Wildman–Crippen MR) is 119 cm³/mol. The van der Waals surface area contributed by atoms with E-state index in [4.69, 9.17) is 0 Å². The zero-order valence-electron chi connectivity index (χ0n) is 17.1. The standard InChI is InChI=1S/C23H20FN7O/c24-14-7-13(8-15(32)9-14)16-3-6-26-22-20(16)28-23(29-22)21-17-10-18(12-1-4-25-5-2-12)27-11-19(17)30-31-21/h3,6-12,25,32H,1-2,4-5H2,(H,30,31)(H,26,28,29). The Morgan fingerprint density at radius 2 is 1.94 bits per heavy atom. The molecule has 160 valence electrons. The van der Waals surface area contributed by atoms with Gasteiger partial charge in [-0.3, -0.25) is 10.1 Å². The molecule has 0 bridgehead atoms. The van der Waals surface area contributed by atoms with E-state index in [1.807, 2.05) is 6.20 Å². The molecule has 1 aliphatic rings. The molecule has 1 fully saturated rings. The molecule has 0 aliphatic carbocycles. The van der Waals surface area contributed by atoms with Gasteiger partial charge in [0.05, 0.1) is 17.2 Å². The Morgan fingerprint density at radius 3 is 2.78 bits per heavy atom. The molecule has 0 spiro atoms. The molecule has 6 rings (SSSR count). The molecule has 4 N–H and O–H groups in total. The molecule has 0 atom stereocenters. The summed E-state index contributed by atoms with van der Waals surface area (Å²) in [5, 5.41) is 21.7. The topological polar surface area (TPSA) is 115 Å². The number of rotatable bonds is 3. The minimum Gasteiger partial charge on any atom is -0.508 e. The molecule has 8 nitrogen and oxygen atoms in total. The number of pyridine rings is 2. The fourth-order valence-electron chi connectivity index (χ4n) is 4.45. The molecule has 0 unspecified atom stereocenters. The summed E-state index contributed by atoms with van der Waals surface area (Å²) in [6.07, 6.45) is 5.56. The molecular weight excluding hydrogens is 409 g/mol. The van der Waals surface area contributed by atoms with Gasteiger partial charge in [0.1, 0.15) is 17.3 Å². The summed E-state index contributed by atoms with van der Waals surface area (Å²) in [4.78, 5) is 17.0. The molecule has 0 radical (unpaired) electrons. The highest BCUT2D eigenvalue weighted by Crippen LogP contribution is 2.33. The van der Waals surface area contributed by atoms with E-state index in [0.29, 0.717) is 39.7 Å². The summed E-state index contributed by atoms with van der Waals surface area (Å²) < 4.78 is 13.9. The Bertz CT molecular complexity index is 1430. The van der Waals surface area contributed by atoms with Crippen LogP contribution in [0.5, 0.6) is 5.75 Å². The van der Waals surface area contributed by atoms with Crippen LogP contribution in [-0.4, -0.2) is 48.3 Å². The molecule has 1 saturated heterocycles. The summed E-state index contributed by atoms with van der Waals surface area (Å²) in [5.74, 6) is 0.337. The number of nitrogens with one attached hydrogen (secondary N) is 3. The number of benzene rings is 1. The third-order valence-electron chi connectivity index (χ3n) is 6.04. The van der Waals surface area contributed by atoms with Gasteiger partial charge >= 0.3 is 0 Å². The highest BCUT2D eigenvalue weighted by atomic mass is 19.1. The second kappa shape index (κ2) is 7.38. The van der Waals surface area contributed by atoms with Gasteiger partial charge in [-0.1, -0.05) is 0 Å². The van der Waals surface area contributed by atoms with E-state index in [1.165, 1.54) is 12.1 Å². The Labute approximate surface area is 182 Å². The molecule has 0 saturated carbocycles. The quantitative estimate of drug-likeness (QED) is 0.346. The lowest BCUT2D eigenvalue weighted by molar-refractivity contribution is 0.453. The number of H-pyrrole nitrogens is 2. The van der Waals surface area contributed by atoms with Crippen LogP contribution in [0.25, 0.3) is 44.7 Å². The normalized spacial score (nSPS) is 15.0. The van der Waals surface area contributed by atoms with Crippen molar-refractivity contribution in [3.05, 3.63) is 54.2 Å². The fraction of sp³-hybridized carbons (Fsp3) is 0.217. The maximum atomic E-state index is 13.9. The first-order valence-electron chi connectivity index (χ1n) is 10.6. The van der Waals surface area contributed by atoms with E-state index >= 15 is 0 Å². The van der Waals surface area contributed by atoms with Crippen molar-refractivity contribution >= 4 is 22.1 Å². The van der Waals surface area contributed by atoms with Crippen molar-refractivity contribution < 1.29 is 9.50 Å². The first-order chi connectivity index (χ1) is 15.7. The van der Waals surface area contributed by atoms with Crippen LogP contribution in [0.4, 0.5) is 4.39 Å². The average Bonchev–Trinajstić information content (AvgIpc) is 3.42. The molecule has 1 aliphatic heterocycles. The molecule has 5 aromatic rings. The summed E-state index contributed by atoms with van der Waals surface area (Å²) >= 11 is 0. The van der Waals surface area contributed by atoms with Crippen molar-refractivity contribution in [1.29, 1.82) is 0 Å². The minimum absolute atomic E-state index is 0.138. The zero-order valence-corrected chi connectivity index (χ0v) is 17.1. The van der Waals surface area contributed by atoms with Crippen molar-refractivity contribution in [3.63, 3.8) is 0 Å². The van der Waals surface area contributed by atoms with Crippen molar-refractivity contribution in [2.45, 2.75) is 18.8 Å². The maximum absolute atomic E-state index is 13.9. The molecule has 9 heteroatoms. The van der Waals surface area contributed by atoms with Crippen LogP contribution in [-0.2, 0) is 0 Å². The lowest BCUT2D eigenvalue weighted by Gasteiger charge is -2.21. The van der Waals surface area contributed by atoms with Crippen molar-refractivity contribution in [2.75, 3.05) is 13.1 Å². The number of piperidine rings is 1. The lowest BCUT2D eigenvalue weighted by atomic mass is 9.93. The van der Waals surface area contributed by atoms with Gasteiger partial charge in [-0.25, -0.2) is 14.4 Å². The Kier molecular flexibility index (Phi) is 4.36. The van der Waals surface area contributed by atoms with Crippen molar-refractivity contribution in [1.82, 2.24) is 35.5 Å². The van der Waals surface area contributed by atoms with Gasteiger partial charge in [0, 0.05) is 34.8 Å². The number of aromatic nitrogens is 6. The number of hydrogen-bond acceptors (Lipinski definition) is 6. The van der Waals surface area contributed by atoms with Crippen LogP contribution in [0.1, 0.15) is 24.5 Å². The largest absolute Gasteiger partial charge is 0.508 e. The van der Waals surface area contributed by atoms with E-state index in [0.717, 1.165) is 48.6 Å². The van der Waals surface area contributed by atoms with E-state index in [2.05, 4.69) is 41.5 Å². The van der Waals surface area contributed by atoms with Gasteiger partial charge in [-0.15, -0.1) is 0 Å². The van der Waals surface area contributed by atoms with Gasteiger partial charge in [0.2, 0.25) is 0 Å². The van der Waals surface area contributed by atoms with Gasteiger partial charge in [-0.2, -0.15) is 5.10 Å². The van der Waals surface area contributed by atoms with Crippen molar-refractivity contribution in [3.8, 4) is 28.4 Å². The number of phenolic OH excluding ortho intramolecular Hbond substituents is 1. The number of halogens is 1. The zero-order chi connectivity index (χ0) is 21.7. The van der Waals surface area contributed by atoms with Crippen LogP contribution in [0.2, 0.25) is 0 Å². The lowest BCUT2D eigenvalue weighted by Crippen LogP contribution is -2.27. The molecule has 32 heavy (non-hydrogen) atoms. The number of aromatic hydroxyl groups is 1. The third-order valence-corrected chi connectivity index (χ3v) is 6.04. The van der Waals surface area contributed by atoms with E-state index in [1.54, 1.807) is 12.3 Å². The highest BCUT2D eigenvalue weighted by Gasteiger charge is 2.20. The molecular formula is C23H20FN7O. The number of imidazole rings is 1. The highest BCUT2D eigenvalue weighted by molar-refractivity contribution is 5.95. The summed E-state index contributed by atoms with van der Waals surface area (Å²) in [5.41, 5.74) is 4.95. The first kappa shape index (κ1) is 18.9. The minimum atomic E-state index is -0.513. The van der Waals surface area contributed by atoms with Crippen LogP contribution < -0.4 is 5.32 Å². The predicted octanol–water partition coefficient (Wildman–Crippen LogP) is 3.87. The van der Waals surface area contributed by atoms with Crippen LogP contribution in [0, 0.1) is 5.82 Å². The smallest absolute Gasteiger partial charge is 0.178 e. The molecule has 5 heterocycles. The number of phenols is 1. The summed E-state index contributed by atoms with van der Waals surface area (Å²) in [6, 6.07) is 7.82. The fourth-order valence-corrected chi connectivity index (χ4v) is 4.45. The second-order valence-corrected chi connectivity index (χ2v) is 8.09. The summed E-state index contributed by atoms with van der Waals surface area (Å²) in [7, 11) is 0. The van der Waals surface area contributed by atoms with Gasteiger partial charge in [-0.05, 0) is 55.8 Å². The monoisotopic (exact) mass is 429 g/mol.